The number of para-hydroxylation sites is 1. The quantitative estimate of drug-likeness (QED) is 0.906. The lowest BCUT2D eigenvalue weighted by Crippen LogP contribution is -2.39. The maximum absolute atomic E-state index is 3.58. The molecule has 0 saturated carbocycles. The number of anilines is 1. The summed E-state index contributed by atoms with van der Waals surface area (Å²) < 4.78 is 0. The van der Waals surface area contributed by atoms with E-state index in [0.717, 1.165) is 19.6 Å². The monoisotopic (exact) mass is 278 g/mol. The number of hydrogen-bond acceptors (Lipinski definition) is 2. The zero-order valence-corrected chi connectivity index (χ0v) is 12.4. The summed E-state index contributed by atoms with van der Waals surface area (Å²) in [6.45, 7) is 4.43. The van der Waals surface area contributed by atoms with Crippen LogP contribution in [0.1, 0.15) is 29.0 Å². The molecule has 0 bridgehead atoms. The van der Waals surface area contributed by atoms with Gasteiger partial charge in [-0.2, -0.15) is 0 Å². The minimum Gasteiger partial charge on any atom is -0.371 e. The molecule has 2 aliphatic rings. The van der Waals surface area contributed by atoms with Gasteiger partial charge >= 0.3 is 0 Å². The Bertz CT molecular complexity index is 579. The Morgan fingerprint density at radius 3 is 2.76 bits per heavy atom. The summed E-state index contributed by atoms with van der Waals surface area (Å²) in [5.41, 5.74) is 5.98. The number of nitrogens with zero attached hydrogens (tertiary/aromatic N) is 1. The third-order valence-electron chi connectivity index (χ3n) is 4.85. The van der Waals surface area contributed by atoms with Gasteiger partial charge in [0.25, 0.3) is 0 Å². The molecule has 4 rings (SSSR count). The average molecular weight is 278 g/mol. The van der Waals surface area contributed by atoms with Crippen LogP contribution >= 0.6 is 0 Å². The van der Waals surface area contributed by atoms with Crippen LogP contribution in [0.2, 0.25) is 0 Å². The molecule has 2 nitrogen and oxygen atoms in total. The van der Waals surface area contributed by atoms with Crippen LogP contribution in [0.15, 0.2) is 48.5 Å². The number of nitrogens with one attached hydrogen (secondary N) is 1. The molecule has 0 saturated heterocycles. The van der Waals surface area contributed by atoms with Gasteiger partial charge < -0.3 is 10.2 Å². The molecular formula is C19H22N2. The van der Waals surface area contributed by atoms with Gasteiger partial charge in [-0.05, 0) is 35.6 Å². The summed E-state index contributed by atoms with van der Waals surface area (Å²) in [5, 5.41) is 3.58. The van der Waals surface area contributed by atoms with Gasteiger partial charge in [-0.3, -0.25) is 0 Å². The molecule has 2 heterocycles. The summed E-state index contributed by atoms with van der Waals surface area (Å²) in [5.74, 6) is 0.598. The van der Waals surface area contributed by atoms with E-state index < -0.39 is 0 Å². The number of aryl methyl sites for hydroxylation is 1. The van der Waals surface area contributed by atoms with E-state index in [1.54, 1.807) is 5.56 Å². The van der Waals surface area contributed by atoms with Crippen LogP contribution in [0.3, 0.4) is 0 Å². The molecule has 0 spiro atoms. The van der Waals surface area contributed by atoms with Gasteiger partial charge in [-0.1, -0.05) is 42.5 Å². The van der Waals surface area contributed by atoms with Crippen molar-refractivity contribution in [3.05, 3.63) is 65.2 Å². The molecule has 2 aliphatic heterocycles. The highest BCUT2D eigenvalue weighted by Gasteiger charge is 2.24. The molecule has 0 aromatic heterocycles. The molecule has 0 radical (unpaired) electrons. The second-order valence-corrected chi connectivity index (χ2v) is 6.20. The smallest absolute Gasteiger partial charge is 0.0398 e. The van der Waals surface area contributed by atoms with Crippen molar-refractivity contribution in [2.45, 2.75) is 25.3 Å². The first-order valence-corrected chi connectivity index (χ1v) is 8.03. The fourth-order valence-electron chi connectivity index (χ4n) is 3.81. The summed E-state index contributed by atoms with van der Waals surface area (Å²) in [6.07, 6.45) is 2.50. The molecule has 108 valence electrons. The summed E-state index contributed by atoms with van der Waals surface area (Å²) in [4.78, 5) is 2.59. The Kier molecular flexibility index (Phi) is 3.40. The van der Waals surface area contributed by atoms with E-state index in [4.69, 9.17) is 0 Å². The molecule has 2 heteroatoms. The lowest BCUT2D eigenvalue weighted by Gasteiger charge is -2.36. The predicted molar refractivity (Wildman–Crippen MR) is 87.9 cm³/mol. The highest BCUT2D eigenvalue weighted by atomic mass is 15.1. The van der Waals surface area contributed by atoms with Crippen LogP contribution < -0.4 is 10.2 Å². The Morgan fingerprint density at radius 1 is 1.00 bits per heavy atom. The minimum absolute atomic E-state index is 0.598. The largest absolute Gasteiger partial charge is 0.371 e. The molecule has 1 N–H and O–H groups in total. The molecular weight excluding hydrogens is 256 g/mol. The lowest BCUT2D eigenvalue weighted by atomic mass is 9.89. The standard InChI is InChI=1S/C19H22N2/c1-3-9-18-16(7-1)12-20-13-17(18)14-21-11-5-8-15-6-2-4-10-19(15)21/h1-4,6-7,9-10,17,20H,5,8,11-14H2. The third-order valence-corrected chi connectivity index (χ3v) is 4.85. The number of rotatable bonds is 2. The van der Waals surface area contributed by atoms with E-state index in [0.29, 0.717) is 5.92 Å². The first-order valence-electron chi connectivity index (χ1n) is 8.03. The van der Waals surface area contributed by atoms with Crippen molar-refractivity contribution in [3.8, 4) is 0 Å². The first kappa shape index (κ1) is 12.9. The average Bonchev–Trinajstić information content (AvgIpc) is 2.56. The predicted octanol–water partition coefficient (Wildman–Crippen LogP) is 3.33. The molecule has 0 amide bonds. The highest BCUT2D eigenvalue weighted by Crippen LogP contribution is 2.31. The molecule has 1 unspecified atom stereocenters. The van der Waals surface area contributed by atoms with E-state index >= 15 is 0 Å². The maximum atomic E-state index is 3.58. The fourth-order valence-corrected chi connectivity index (χ4v) is 3.81. The Balaban J connectivity index is 1.61. The van der Waals surface area contributed by atoms with Gasteiger partial charge in [0.1, 0.15) is 0 Å². The van der Waals surface area contributed by atoms with Crippen molar-refractivity contribution in [1.29, 1.82) is 0 Å². The van der Waals surface area contributed by atoms with Crippen LogP contribution in [-0.2, 0) is 13.0 Å². The van der Waals surface area contributed by atoms with Crippen molar-refractivity contribution in [3.63, 3.8) is 0 Å². The second kappa shape index (κ2) is 5.53. The van der Waals surface area contributed by atoms with Crippen LogP contribution in [0.5, 0.6) is 0 Å². The van der Waals surface area contributed by atoms with Crippen molar-refractivity contribution in [2.24, 2.45) is 0 Å². The second-order valence-electron chi connectivity index (χ2n) is 6.20. The maximum Gasteiger partial charge on any atom is 0.0398 e. The van der Waals surface area contributed by atoms with E-state index in [9.17, 15) is 0 Å². The lowest BCUT2D eigenvalue weighted by molar-refractivity contribution is 0.523. The summed E-state index contributed by atoms with van der Waals surface area (Å²) >= 11 is 0. The van der Waals surface area contributed by atoms with Crippen molar-refractivity contribution >= 4 is 5.69 Å². The van der Waals surface area contributed by atoms with Crippen LogP contribution in [-0.4, -0.2) is 19.6 Å². The van der Waals surface area contributed by atoms with Gasteiger partial charge in [-0.15, -0.1) is 0 Å². The normalized spacial score (nSPS) is 20.8. The number of benzene rings is 2. The summed E-state index contributed by atoms with van der Waals surface area (Å²) in [7, 11) is 0. The van der Waals surface area contributed by atoms with Crippen molar-refractivity contribution in [1.82, 2.24) is 5.32 Å². The van der Waals surface area contributed by atoms with Crippen LogP contribution in [0.4, 0.5) is 5.69 Å². The van der Waals surface area contributed by atoms with E-state index in [-0.39, 0.29) is 0 Å². The summed E-state index contributed by atoms with van der Waals surface area (Å²) in [6, 6.07) is 17.8. The molecule has 0 fully saturated rings. The molecule has 21 heavy (non-hydrogen) atoms. The van der Waals surface area contributed by atoms with Crippen LogP contribution in [0.25, 0.3) is 0 Å². The Labute approximate surface area is 126 Å². The van der Waals surface area contributed by atoms with E-state index in [1.807, 2.05) is 0 Å². The minimum atomic E-state index is 0.598. The number of hydrogen-bond donors (Lipinski definition) is 1. The molecule has 2 aromatic rings. The third kappa shape index (κ3) is 2.44. The van der Waals surface area contributed by atoms with Crippen LogP contribution in [0, 0.1) is 0 Å². The Hall–Kier alpha value is -1.80. The molecule has 2 aromatic carbocycles. The van der Waals surface area contributed by atoms with Gasteiger partial charge in [0.2, 0.25) is 0 Å². The van der Waals surface area contributed by atoms with Crippen molar-refractivity contribution < 1.29 is 0 Å². The highest BCUT2D eigenvalue weighted by molar-refractivity contribution is 5.56. The van der Waals surface area contributed by atoms with Gasteiger partial charge in [0.05, 0.1) is 0 Å². The number of fused-ring (bicyclic) bond motifs is 2. The van der Waals surface area contributed by atoms with Gasteiger partial charge in [0.15, 0.2) is 0 Å². The Morgan fingerprint density at radius 2 is 1.81 bits per heavy atom. The zero-order chi connectivity index (χ0) is 14.1. The van der Waals surface area contributed by atoms with E-state index in [1.165, 1.54) is 36.2 Å². The SMILES string of the molecule is c1ccc2c(c1)CNCC2CN1CCCc2ccccc21. The molecule has 0 aliphatic carbocycles. The van der Waals surface area contributed by atoms with E-state index in [2.05, 4.69) is 58.7 Å². The topological polar surface area (TPSA) is 15.3 Å². The molecule has 1 atom stereocenters. The zero-order valence-electron chi connectivity index (χ0n) is 12.4. The first-order chi connectivity index (χ1) is 10.4. The van der Waals surface area contributed by atoms with Gasteiger partial charge in [0, 0.05) is 37.8 Å². The van der Waals surface area contributed by atoms with Crippen molar-refractivity contribution in [2.75, 3.05) is 24.5 Å². The fraction of sp³-hybridized carbons (Fsp3) is 0.368. The van der Waals surface area contributed by atoms with Gasteiger partial charge in [-0.25, -0.2) is 0 Å².